The van der Waals surface area contributed by atoms with E-state index in [4.69, 9.17) is 4.42 Å². The molecule has 0 spiro atoms. The quantitative estimate of drug-likeness (QED) is 0.680. The van der Waals surface area contributed by atoms with Crippen molar-refractivity contribution in [3.05, 3.63) is 27.7 Å². The van der Waals surface area contributed by atoms with E-state index in [0.29, 0.717) is 0 Å². The number of aryl methyl sites for hydroxylation is 1. The summed E-state index contributed by atoms with van der Waals surface area (Å²) < 4.78 is 6.51. The third kappa shape index (κ3) is 1.24. The van der Waals surface area contributed by atoms with Gasteiger partial charge in [-0.3, -0.25) is 0 Å². The van der Waals surface area contributed by atoms with Crippen molar-refractivity contribution < 1.29 is 4.42 Å². The van der Waals surface area contributed by atoms with E-state index in [1.54, 1.807) is 0 Å². The molecule has 0 radical (unpaired) electrons. The molecule has 2 aromatic rings. The van der Waals surface area contributed by atoms with E-state index in [1.807, 2.05) is 25.1 Å². The second-order valence-electron chi connectivity index (χ2n) is 2.34. The average Bonchev–Trinajstić information content (AvgIpc) is 2.27. The van der Waals surface area contributed by atoms with Gasteiger partial charge in [0, 0.05) is 10.5 Å². The van der Waals surface area contributed by atoms with Crippen molar-refractivity contribution in [1.82, 2.24) is 4.98 Å². The summed E-state index contributed by atoms with van der Waals surface area (Å²) in [4.78, 5) is 4.18. The topological polar surface area (TPSA) is 26.0 Å². The summed E-state index contributed by atoms with van der Waals surface area (Å²) in [5.41, 5.74) is 1.80. The number of benzene rings is 1. The molecule has 1 heterocycles. The molecule has 0 aliphatic heterocycles. The van der Waals surface area contributed by atoms with Crippen molar-refractivity contribution in [2.45, 2.75) is 6.92 Å². The number of halogens is 1. The molecule has 11 heavy (non-hydrogen) atoms. The van der Waals surface area contributed by atoms with E-state index >= 15 is 0 Å². The Morgan fingerprint density at radius 3 is 3.09 bits per heavy atom. The first-order valence-corrected chi connectivity index (χ1v) is 4.36. The fraction of sp³-hybridized carbons (Fsp3) is 0.125. The summed E-state index contributed by atoms with van der Waals surface area (Å²) in [6.45, 7) is 1.85. The van der Waals surface area contributed by atoms with Crippen LogP contribution >= 0.6 is 22.6 Å². The van der Waals surface area contributed by atoms with Gasteiger partial charge in [0.2, 0.25) is 0 Å². The lowest BCUT2D eigenvalue weighted by molar-refractivity contribution is 0.561. The van der Waals surface area contributed by atoms with Crippen LogP contribution in [0.25, 0.3) is 11.1 Å². The Bertz CT molecular complexity index is 394. The maximum absolute atomic E-state index is 5.33. The zero-order valence-corrected chi connectivity index (χ0v) is 8.12. The van der Waals surface area contributed by atoms with Gasteiger partial charge in [-0.15, -0.1) is 0 Å². The molecule has 2 nitrogen and oxygen atoms in total. The first-order chi connectivity index (χ1) is 5.25. The predicted octanol–water partition coefficient (Wildman–Crippen LogP) is 2.74. The summed E-state index contributed by atoms with van der Waals surface area (Å²) in [5, 5.41) is 0. The second kappa shape index (κ2) is 2.48. The van der Waals surface area contributed by atoms with E-state index in [0.717, 1.165) is 17.0 Å². The highest BCUT2D eigenvalue weighted by Gasteiger charge is 2.00. The molecule has 0 aliphatic carbocycles. The van der Waals surface area contributed by atoms with Gasteiger partial charge < -0.3 is 4.42 Å². The van der Waals surface area contributed by atoms with E-state index in [1.165, 1.54) is 3.57 Å². The van der Waals surface area contributed by atoms with Crippen LogP contribution in [0.5, 0.6) is 0 Å². The third-order valence-electron chi connectivity index (χ3n) is 1.46. The van der Waals surface area contributed by atoms with Gasteiger partial charge in [0.15, 0.2) is 11.5 Å². The average molecular weight is 259 g/mol. The molecule has 1 aromatic heterocycles. The van der Waals surface area contributed by atoms with Gasteiger partial charge >= 0.3 is 0 Å². The molecule has 0 saturated carbocycles. The van der Waals surface area contributed by atoms with Crippen LogP contribution in [0, 0.1) is 10.5 Å². The molecular formula is C8H6INO. The maximum Gasteiger partial charge on any atom is 0.192 e. The Balaban J connectivity index is 2.82. The minimum Gasteiger partial charge on any atom is -0.441 e. The van der Waals surface area contributed by atoms with E-state index in [-0.39, 0.29) is 0 Å². The van der Waals surface area contributed by atoms with Crippen LogP contribution in [-0.2, 0) is 0 Å². The van der Waals surface area contributed by atoms with Crippen LogP contribution in [0.3, 0.4) is 0 Å². The van der Waals surface area contributed by atoms with Gasteiger partial charge in [0.1, 0.15) is 5.52 Å². The molecule has 0 atom stereocenters. The minimum atomic E-state index is 0.724. The van der Waals surface area contributed by atoms with Gasteiger partial charge in [-0.1, -0.05) is 0 Å². The summed E-state index contributed by atoms with van der Waals surface area (Å²) in [5.74, 6) is 0.724. The molecule has 3 heteroatoms. The van der Waals surface area contributed by atoms with E-state index in [9.17, 15) is 0 Å². The fourth-order valence-corrected chi connectivity index (χ4v) is 1.48. The Hall–Kier alpha value is -0.580. The maximum atomic E-state index is 5.33. The highest BCUT2D eigenvalue weighted by atomic mass is 127. The Labute approximate surface area is 77.8 Å². The number of hydrogen-bond acceptors (Lipinski definition) is 2. The summed E-state index contributed by atoms with van der Waals surface area (Å²) in [6.07, 6.45) is 0. The Morgan fingerprint density at radius 1 is 1.45 bits per heavy atom. The van der Waals surface area contributed by atoms with Gasteiger partial charge in [-0.2, -0.15) is 0 Å². The molecule has 0 unspecified atom stereocenters. The second-order valence-corrected chi connectivity index (χ2v) is 3.59. The Kier molecular flexibility index (Phi) is 1.60. The van der Waals surface area contributed by atoms with Crippen molar-refractivity contribution in [3.63, 3.8) is 0 Å². The lowest BCUT2D eigenvalue weighted by Crippen LogP contribution is -1.69. The fourth-order valence-electron chi connectivity index (χ4n) is 1.01. The molecule has 0 N–H and O–H groups in total. The van der Waals surface area contributed by atoms with Crippen molar-refractivity contribution in [2.24, 2.45) is 0 Å². The van der Waals surface area contributed by atoms with Crippen molar-refractivity contribution in [2.75, 3.05) is 0 Å². The zero-order chi connectivity index (χ0) is 7.84. The van der Waals surface area contributed by atoms with E-state index < -0.39 is 0 Å². The number of rotatable bonds is 0. The molecule has 0 aliphatic rings. The molecule has 0 saturated heterocycles. The largest absolute Gasteiger partial charge is 0.441 e. The third-order valence-corrected chi connectivity index (χ3v) is 2.13. The number of aromatic nitrogens is 1. The van der Waals surface area contributed by atoms with Crippen LogP contribution in [0.2, 0.25) is 0 Å². The lowest BCUT2D eigenvalue weighted by atomic mass is 10.3. The molecule has 1 aromatic carbocycles. The van der Waals surface area contributed by atoms with Crippen molar-refractivity contribution in [1.29, 1.82) is 0 Å². The van der Waals surface area contributed by atoms with E-state index in [2.05, 4.69) is 27.6 Å². The first kappa shape index (κ1) is 7.09. The first-order valence-electron chi connectivity index (χ1n) is 3.28. The monoisotopic (exact) mass is 259 g/mol. The summed E-state index contributed by atoms with van der Waals surface area (Å²) >= 11 is 2.25. The van der Waals surface area contributed by atoms with Crippen LogP contribution in [-0.4, -0.2) is 4.98 Å². The van der Waals surface area contributed by atoms with Crippen LogP contribution in [0.1, 0.15) is 5.89 Å². The van der Waals surface area contributed by atoms with Crippen molar-refractivity contribution >= 4 is 33.7 Å². The minimum absolute atomic E-state index is 0.724. The molecule has 56 valence electrons. The van der Waals surface area contributed by atoms with Gasteiger partial charge in [0.25, 0.3) is 0 Å². The summed E-state index contributed by atoms with van der Waals surface area (Å²) in [7, 11) is 0. The smallest absolute Gasteiger partial charge is 0.192 e. The number of oxazole rings is 1. The van der Waals surface area contributed by atoms with Gasteiger partial charge in [0.05, 0.1) is 0 Å². The standard InChI is InChI=1S/C8H6INO/c1-5-10-7-3-2-6(9)4-8(7)11-5/h2-4H,1H3. The summed E-state index contributed by atoms with van der Waals surface area (Å²) in [6, 6.07) is 5.97. The van der Waals surface area contributed by atoms with Gasteiger partial charge in [-0.05, 0) is 40.8 Å². The number of hydrogen-bond donors (Lipinski definition) is 0. The number of nitrogens with zero attached hydrogens (tertiary/aromatic N) is 1. The van der Waals surface area contributed by atoms with Gasteiger partial charge in [-0.25, -0.2) is 4.98 Å². The highest BCUT2D eigenvalue weighted by Crippen LogP contribution is 2.17. The van der Waals surface area contributed by atoms with Crippen LogP contribution < -0.4 is 0 Å². The molecule has 2 rings (SSSR count). The number of fused-ring (bicyclic) bond motifs is 1. The SMILES string of the molecule is Cc1nc2ccc(I)cc2o1. The molecule has 0 bridgehead atoms. The van der Waals surface area contributed by atoms with Crippen molar-refractivity contribution in [3.8, 4) is 0 Å². The highest BCUT2D eigenvalue weighted by molar-refractivity contribution is 14.1. The molecular weight excluding hydrogens is 253 g/mol. The molecule has 0 amide bonds. The van der Waals surface area contributed by atoms with Crippen LogP contribution in [0.15, 0.2) is 22.6 Å². The lowest BCUT2D eigenvalue weighted by Gasteiger charge is -1.86. The zero-order valence-electron chi connectivity index (χ0n) is 5.97. The molecule has 0 fully saturated rings. The predicted molar refractivity (Wildman–Crippen MR) is 51.5 cm³/mol. The van der Waals surface area contributed by atoms with Crippen LogP contribution in [0.4, 0.5) is 0 Å². The Morgan fingerprint density at radius 2 is 2.27 bits per heavy atom. The normalized spacial score (nSPS) is 10.7.